The van der Waals surface area contributed by atoms with Crippen molar-refractivity contribution in [1.29, 1.82) is 0 Å². The van der Waals surface area contributed by atoms with Gasteiger partial charge in [-0.15, -0.1) is 6.58 Å². The summed E-state index contributed by atoms with van der Waals surface area (Å²) in [6.45, 7) is 17.7. The molecule has 1 aromatic heterocycles. The van der Waals surface area contributed by atoms with E-state index in [9.17, 15) is 14.4 Å². The lowest BCUT2D eigenvalue weighted by Gasteiger charge is -2.35. The van der Waals surface area contributed by atoms with Gasteiger partial charge in [-0.1, -0.05) is 54.2 Å². The van der Waals surface area contributed by atoms with Crippen LogP contribution >= 0.6 is 0 Å². The quantitative estimate of drug-likeness (QED) is 0.182. The van der Waals surface area contributed by atoms with Crippen molar-refractivity contribution < 1.29 is 42.1 Å². The van der Waals surface area contributed by atoms with E-state index in [0.29, 0.717) is 11.8 Å². The zero-order chi connectivity index (χ0) is 36.3. The van der Waals surface area contributed by atoms with E-state index in [-0.39, 0.29) is 42.1 Å². The largest absolute Gasteiger partial charge is 0.497 e. The Hall–Kier alpha value is -4.29. The Morgan fingerprint density at radius 3 is 2.45 bits per heavy atom. The van der Waals surface area contributed by atoms with Gasteiger partial charge in [0, 0.05) is 12.0 Å². The third kappa shape index (κ3) is 8.85. The number of nitrogens with one attached hydrogen (secondary N) is 1. The van der Waals surface area contributed by atoms with Crippen molar-refractivity contribution in [3.63, 3.8) is 0 Å². The molecule has 2 aromatic rings. The molecule has 6 atom stereocenters. The van der Waals surface area contributed by atoms with Crippen LogP contribution < -0.4 is 14.8 Å². The van der Waals surface area contributed by atoms with Crippen molar-refractivity contribution >= 4 is 29.0 Å². The van der Waals surface area contributed by atoms with Crippen molar-refractivity contribution in [2.24, 2.45) is 23.2 Å². The first-order valence-electron chi connectivity index (χ1n) is 16.6. The number of rotatable bonds is 14. The van der Waals surface area contributed by atoms with E-state index >= 15 is 8.78 Å². The summed E-state index contributed by atoms with van der Waals surface area (Å²) in [5, 5.41) is 2.73. The molecule has 1 aliphatic heterocycles. The van der Waals surface area contributed by atoms with Crippen LogP contribution in [0, 0.1) is 23.2 Å². The highest BCUT2D eigenvalue weighted by molar-refractivity contribution is 5.91. The summed E-state index contributed by atoms with van der Waals surface area (Å²) in [6.07, 6.45) is 2.69. The standard InChI is InChI=1S/C36H48F2N4O7/c1-10-12-13-22-16-26(22)49-34(45)41-30(35(6,7)8)32(43)42-18-27(21(5)28(42)33(44)47-19-20(3)4)48-31-29(36(37,38)11-2)39-24-15-14-23(46-9)17-25(24)40-31/h10-11,14-15,17,20-22,26-28,30H,1-2,12-13,16,18-19H2,3-9H3,(H,41,45). The number of allylic oxidation sites excluding steroid dienone is 2. The molecular weight excluding hydrogens is 638 g/mol. The van der Waals surface area contributed by atoms with Gasteiger partial charge in [-0.3, -0.25) is 4.79 Å². The van der Waals surface area contributed by atoms with Crippen LogP contribution in [0.3, 0.4) is 0 Å². The van der Waals surface area contributed by atoms with Gasteiger partial charge in [-0.2, -0.15) is 8.78 Å². The minimum absolute atomic E-state index is 0.0157. The molecule has 1 saturated carbocycles. The molecule has 1 aromatic carbocycles. The fourth-order valence-electron chi connectivity index (χ4n) is 5.80. The minimum atomic E-state index is -3.61. The molecule has 2 amide bonds. The average Bonchev–Trinajstić information content (AvgIpc) is 3.70. The van der Waals surface area contributed by atoms with Crippen molar-refractivity contribution in [1.82, 2.24) is 20.2 Å². The Labute approximate surface area is 286 Å². The number of halogens is 2. The average molecular weight is 687 g/mol. The van der Waals surface area contributed by atoms with Gasteiger partial charge in [0.1, 0.15) is 30.0 Å². The number of aromatic nitrogens is 2. The highest BCUT2D eigenvalue weighted by Gasteiger charge is 2.52. The third-order valence-electron chi connectivity index (χ3n) is 8.79. The number of hydrogen-bond acceptors (Lipinski definition) is 9. The normalized spacial score (nSPS) is 22.7. The molecule has 268 valence electrons. The summed E-state index contributed by atoms with van der Waals surface area (Å²) in [6, 6.07) is 2.35. The van der Waals surface area contributed by atoms with Crippen LogP contribution in [0.5, 0.6) is 11.6 Å². The molecule has 4 rings (SSSR count). The summed E-state index contributed by atoms with van der Waals surface area (Å²) < 4.78 is 53.0. The van der Waals surface area contributed by atoms with Gasteiger partial charge in [0.05, 0.1) is 31.3 Å². The number of carbonyl (C=O) groups excluding carboxylic acids is 3. The van der Waals surface area contributed by atoms with Crippen LogP contribution in [-0.4, -0.2) is 77.4 Å². The number of carbonyl (C=O) groups is 3. The second kappa shape index (κ2) is 15.1. The summed E-state index contributed by atoms with van der Waals surface area (Å²) >= 11 is 0. The van der Waals surface area contributed by atoms with Gasteiger partial charge in [0.2, 0.25) is 11.8 Å². The Bertz CT molecular complexity index is 1560. The Morgan fingerprint density at radius 2 is 1.84 bits per heavy atom. The highest BCUT2D eigenvalue weighted by atomic mass is 19.3. The van der Waals surface area contributed by atoms with Crippen LogP contribution in [0.15, 0.2) is 43.5 Å². The lowest BCUT2D eigenvalue weighted by atomic mass is 9.85. The number of hydrogen-bond donors (Lipinski definition) is 1. The summed E-state index contributed by atoms with van der Waals surface area (Å²) in [5.41, 5.74) is -1.15. The maximum atomic E-state index is 15.2. The van der Waals surface area contributed by atoms with Crippen LogP contribution in [0.4, 0.5) is 13.6 Å². The zero-order valence-corrected chi connectivity index (χ0v) is 29.3. The van der Waals surface area contributed by atoms with Crippen LogP contribution in [0.25, 0.3) is 11.0 Å². The van der Waals surface area contributed by atoms with Gasteiger partial charge < -0.3 is 29.2 Å². The van der Waals surface area contributed by atoms with E-state index in [1.807, 2.05) is 19.9 Å². The fourth-order valence-corrected chi connectivity index (χ4v) is 5.80. The van der Waals surface area contributed by atoms with E-state index in [4.69, 9.17) is 18.9 Å². The van der Waals surface area contributed by atoms with Crippen LogP contribution in [-0.2, 0) is 25.0 Å². The number of likely N-dealkylation sites (tertiary alicyclic amines) is 1. The molecule has 11 nitrogen and oxygen atoms in total. The van der Waals surface area contributed by atoms with Gasteiger partial charge >= 0.3 is 18.0 Å². The predicted molar refractivity (Wildman–Crippen MR) is 179 cm³/mol. The van der Waals surface area contributed by atoms with Gasteiger partial charge in [0.25, 0.3) is 0 Å². The van der Waals surface area contributed by atoms with Gasteiger partial charge in [0.15, 0.2) is 5.69 Å². The Kier molecular flexibility index (Phi) is 11.6. The third-order valence-corrected chi connectivity index (χ3v) is 8.79. The Morgan fingerprint density at radius 1 is 1.12 bits per heavy atom. The van der Waals surface area contributed by atoms with E-state index in [1.54, 1.807) is 33.8 Å². The van der Waals surface area contributed by atoms with Gasteiger partial charge in [-0.05, 0) is 54.7 Å². The van der Waals surface area contributed by atoms with Gasteiger partial charge in [-0.25, -0.2) is 19.6 Å². The second-order valence-electron chi connectivity index (χ2n) is 14.3. The maximum absolute atomic E-state index is 15.2. The summed E-state index contributed by atoms with van der Waals surface area (Å²) in [7, 11) is 1.46. The molecule has 0 radical (unpaired) electrons. The number of amides is 2. The Balaban J connectivity index is 1.66. The van der Waals surface area contributed by atoms with E-state index in [2.05, 4.69) is 28.4 Å². The molecule has 2 aliphatic rings. The fraction of sp³-hybridized carbons (Fsp3) is 0.583. The number of methoxy groups -OCH3 is 1. The molecule has 2 fully saturated rings. The van der Waals surface area contributed by atoms with Crippen molar-refractivity contribution in [3.8, 4) is 11.6 Å². The molecular formula is C36H48F2N4O7. The molecule has 13 heteroatoms. The monoisotopic (exact) mass is 686 g/mol. The molecule has 1 saturated heterocycles. The molecule has 6 unspecified atom stereocenters. The van der Waals surface area contributed by atoms with Crippen LogP contribution in [0.1, 0.15) is 66.5 Å². The predicted octanol–water partition coefficient (Wildman–Crippen LogP) is 6.21. The number of benzene rings is 1. The lowest BCUT2D eigenvalue weighted by Crippen LogP contribution is -2.57. The first-order valence-corrected chi connectivity index (χ1v) is 16.6. The number of alkyl halides is 2. The van der Waals surface area contributed by atoms with Crippen molar-refractivity contribution in [2.75, 3.05) is 20.3 Å². The van der Waals surface area contributed by atoms with E-state index in [1.165, 1.54) is 24.1 Å². The maximum Gasteiger partial charge on any atom is 0.408 e. The number of alkyl carbamates (subject to hydrolysis) is 1. The first-order chi connectivity index (χ1) is 23.0. The highest BCUT2D eigenvalue weighted by Crippen LogP contribution is 2.40. The molecule has 0 bridgehead atoms. The number of esters is 1. The number of ether oxygens (including phenoxy) is 4. The van der Waals surface area contributed by atoms with Crippen molar-refractivity contribution in [2.45, 2.75) is 91.0 Å². The molecule has 0 spiro atoms. The van der Waals surface area contributed by atoms with E-state index in [0.717, 1.165) is 19.3 Å². The summed E-state index contributed by atoms with van der Waals surface area (Å²) in [5.74, 6) is -5.38. The topological polar surface area (TPSA) is 129 Å². The molecule has 1 aliphatic carbocycles. The first kappa shape index (κ1) is 37.5. The minimum Gasteiger partial charge on any atom is -0.497 e. The lowest BCUT2D eigenvalue weighted by molar-refractivity contribution is -0.156. The van der Waals surface area contributed by atoms with Crippen molar-refractivity contribution in [3.05, 3.63) is 49.2 Å². The number of nitrogens with zero attached hydrogens (tertiary/aromatic N) is 3. The second-order valence-corrected chi connectivity index (χ2v) is 14.3. The van der Waals surface area contributed by atoms with Crippen LogP contribution in [0.2, 0.25) is 0 Å². The molecule has 2 heterocycles. The smallest absolute Gasteiger partial charge is 0.408 e. The SMILES string of the molecule is C=CCCC1CC1OC(=O)NC(C(=O)N1CC(Oc2nc3cc(OC)ccc3nc2C(F)(F)C=C)C(C)C1C(=O)OCC(C)C)C(C)(C)C. The number of fused-ring (bicyclic) bond motifs is 1. The summed E-state index contributed by atoms with van der Waals surface area (Å²) in [4.78, 5) is 50.8. The molecule has 49 heavy (non-hydrogen) atoms. The zero-order valence-electron chi connectivity index (χ0n) is 29.3. The molecule has 1 N–H and O–H groups in total. The van der Waals surface area contributed by atoms with E-state index < -0.39 is 65.0 Å².